The van der Waals surface area contributed by atoms with Crippen LogP contribution in [0.3, 0.4) is 0 Å². The minimum atomic E-state index is -0.684. The maximum Gasteiger partial charge on any atom is 0.316 e. The van der Waals surface area contributed by atoms with Gasteiger partial charge in [0.1, 0.15) is 0 Å². The smallest absolute Gasteiger partial charge is 0.316 e. The Kier molecular flexibility index (Phi) is 6.37. The third-order valence-corrected chi connectivity index (χ3v) is 6.50. The molecule has 1 amide bonds. The molecule has 32 heavy (non-hydrogen) atoms. The van der Waals surface area contributed by atoms with Crippen molar-refractivity contribution in [2.75, 3.05) is 0 Å². The minimum Gasteiger partial charge on any atom is -0.331 e. The van der Waals surface area contributed by atoms with Gasteiger partial charge in [0.25, 0.3) is 5.91 Å². The van der Waals surface area contributed by atoms with Crippen LogP contribution in [0.2, 0.25) is 0 Å². The zero-order chi connectivity index (χ0) is 22.7. The molecule has 1 atom stereocenters. The Labute approximate surface area is 189 Å². The molecule has 0 radical (unpaired) electrons. The van der Waals surface area contributed by atoms with E-state index in [-0.39, 0.29) is 11.9 Å². The summed E-state index contributed by atoms with van der Waals surface area (Å²) in [5.74, 6) is -0.116. The van der Waals surface area contributed by atoms with Gasteiger partial charge in [-0.2, -0.15) is 0 Å². The van der Waals surface area contributed by atoms with Gasteiger partial charge in [-0.15, -0.1) is 11.3 Å². The summed E-state index contributed by atoms with van der Waals surface area (Å²) in [4.78, 5) is 43.5. The summed E-state index contributed by atoms with van der Waals surface area (Å²) < 4.78 is 1.42. The highest BCUT2D eigenvalue weighted by molar-refractivity contribution is 7.09. The number of nitrogens with zero attached hydrogens (tertiary/aromatic N) is 2. The van der Waals surface area contributed by atoms with Crippen LogP contribution >= 0.6 is 11.3 Å². The lowest BCUT2D eigenvalue weighted by Gasteiger charge is -2.29. The van der Waals surface area contributed by atoms with E-state index in [2.05, 4.69) is 18.0 Å². The Bertz CT molecular complexity index is 1340. The Morgan fingerprint density at radius 2 is 1.88 bits per heavy atom. The van der Waals surface area contributed by atoms with Crippen molar-refractivity contribution in [1.82, 2.24) is 14.5 Å². The molecule has 2 heterocycles. The standard InChI is InChI=1S/C25H25N3O3S/c1-3-27-22-12-11-19(15-21(22)26-23(29)25(27)31)24(30)28(16-18-8-5-4-6-9-18)17(2)14-20-10-7-13-32-20/h4-13,15,17H,3,14,16H2,1-2H3,(H,26,29)/t17-/m1/s1. The highest BCUT2D eigenvalue weighted by Crippen LogP contribution is 2.20. The summed E-state index contributed by atoms with van der Waals surface area (Å²) in [6.45, 7) is 4.73. The van der Waals surface area contributed by atoms with E-state index in [0.29, 0.717) is 29.7 Å². The molecule has 164 valence electrons. The number of hydrogen-bond donors (Lipinski definition) is 1. The second-order valence-corrected chi connectivity index (χ2v) is 8.82. The zero-order valence-corrected chi connectivity index (χ0v) is 18.9. The molecule has 2 aromatic heterocycles. The summed E-state index contributed by atoms with van der Waals surface area (Å²) in [6, 6.07) is 19.1. The molecule has 2 aromatic carbocycles. The highest BCUT2D eigenvalue weighted by atomic mass is 32.1. The van der Waals surface area contributed by atoms with Crippen LogP contribution in [0, 0.1) is 0 Å². The van der Waals surface area contributed by atoms with Crippen molar-refractivity contribution in [3.05, 3.63) is 103 Å². The van der Waals surface area contributed by atoms with Crippen LogP contribution in [-0.4, -0.2) is 26.4 Å². The molecule has 4 aromatic rings. The predicted molar refractivity (Wildman–Crippen MR) is 128 cm³/mol. The average Bonchev–Trinajstić information content (AvgIpc) is 3.31. The van der Waals surface area contributed by atoms with Crippen molar-refractivity contribution in [3.63, 3.8) is 0 Å². The average molecular weight is 448 g/mol. The number of carbonyl (C=O) groups is 1. The number of aromatic amines is 1. The van der Waals surface area contributed by atoms with Crippen molar-refractivity contribution in [1.29, 1.82) is 0 Å². The van der Waals surface area contributed by atoms with Gasteiger partial charge in [0.05, 0.1) is 11.0 Å². The molecule has 0 saturated heterocycles. The van der Waals surface area contributed by atoms with Gasteiger partial charge < -0.3 is 14.5 Å². The van der Waals surface area contributed by atoms with E-state index in [0.717, 1.165) is 12.0 Å². The van der Waals surface area contributed by atoms with E-state index in [4.69, 9.17) is 0 Å². The number of aryl methyl sites for hydroxylation is 1. The SMILES string of the molecule is CCn1c(=O)c(=O)[nH]c2cc(C(=O)N(Cc3ccccc3)[C@H](C)Cc3cccs3)ccc21. The second-order valence-electron chi connectivity index (χ2n) is 7.79. The monoisotopic (exact) mass is 447 g/mol. The van der Waals surface area contributed by atoms with Crippen LogP contribution in [0.4, 0.5) is 0 Å². The lowest BCUT2D eigenvalue weighted by atomic mass is 10.1. The number of carbonyl (C=O) groups excluding carboxylic acids is 1. The Hall–Kier alpha value is -3.45. The second kappa shape index (κ2) is 9.36. The van der Waals surface area contributed by atoms with E-state index in [1.807, 2.05) is 53.6 Å². The van der Waals surface area contributed by atoms with Crippen LogP contribution < -0.4 is 11.1 Å². The minimum absolute atomic E-state index is 0.0271. The van der Waals surface area contributed by atoms with Crippen molar-refractivity contribution < 1.29 is 4.79 Å². The topological polar surface area (TPSA) is 75.2 Å². The molecular formula is C25H25N3O3S. The van der Waals surface area contributed by atoms with E-state index >= 15 is 0 Å². The van der Waals surface area contributed by atoms with Crippen LogP contribution in [0.5, 0.6) is 0 Å². The summed E-state index contributed by atoms with van der Waals surface area (Å²) in [5.41, 5.74) is 1.34. The summed E-state index contributed by atoms with van der Waals surface area (Å²) >= 11 is 1.68. The van der Waals surface area contributed by atoms with Gasteiger partial charge in [-0.1, -0.05) is 36.4 Å². The third-order valence-electron chi connectivity index (χ3n) is 5.60. The predicted octanol–water partition coefficient (Wildman–Crippen LogP) is 4.04. The lowest BCUT2D eigenvalue weighted by Crippen LogP contribution is -2.39. The maximum atomic E-state index is 13.6. The molecule has 0 aliphatic carbocycles. The molecule has 0 saturated carbocycles. The highest BCUT2D eigenvalue weighted by Gasteiger charge is 2.23. The first-order chi connectivity index (χ1) is 15.5. The zero-order valence-electron chi connectivity index (χ0n) is 18.1. The van der Waals surface area contributed by atoms with Gasteiger partial charge in [-0.3, -0.25) is 14.4 Å². The Morgan fingerprint density at radius 3 is 2.56 bits per heavy atom. The van der Waals surface area contributed by atoms with E-state index < -0.39 is 11.1 Å². The maximum absolute atomic E-state index is 13.6. The van der Waals surface area contributed by atoms with Crippen LogP contribution in [0.25, 0.3) is 11.0 Å². The normalized spacial score (nSPS) is 12.1. The molecule has 7 heteroatoms. The molecule has 0 unspecified atom stereocenters. The number of aromatic nitrogens is 2. The molecule has 0 bridgehead atoms. The van der Waals surface area contributed by atoms with Crippen LogP contribution in [0.1, 0.15) is 34.6 Å². The van der Waals surface area contributed by atoms with Crippen LogP contribution in [-0.2, 0) is 19.5 Å². The summed E-state index contributed by atoms with van der Waals surface area (Å²) in [5, 5.41) is 2.04. The van der Waals surface area contributed by atoms with Gasteiger partial charge in [0, 0.05) is 36.0 Å². The number of H-pyrrole nitrogens is 1. The fourth-order valence-electron chi connectivity index (χ4n) is 3.93. The fraction of sp³-hybridized carbons (Fsp3) is 0.240. The van der Waals surface area contributed by atoms with E-state index in [9.17, 15) is 14.4 Å². The fourth-order valence-corrected chi connectivity index (χ4v) is 4.76. The molecule has 6 nitrogen and oxygen atoms in total. The molecule has 0 aliphatic heterocycles. The molecule has 0 spiro atoms. The van der Waals surface area contributed by atoms with E-state index in [1.165, 1.54) is 9.44 Å². The molecule has 0 aliphatic rings. The van der Waals surface area contributed by atoms with Gasteiger partial charge in [-0.05, 0) is 49.1 Å². The first kappa shape index (κ1) is 21.8. The first-order valence-corrected chi connectivity index (χ1v) is 11.5. The number of hydrogen-bond acceptors (Lipinski definition) is 4. The van der Waals surface area contributed by atoms with Crippen molar-refractivity contribution >= 4 is 28.3 Å². The summed E-state index contributed by atoms with van der Waals surface area (Å²) in [7, 11) is 0. The quantitative estimate of drug-likeness (QED) is 0.435. The molecular weight excluding hydrogens is 422 g/mol. The van der Waals surface area contributed by atoms with Crippen molar-refractivity contribution in [2.45, 2.75) is 39.4 Å². The number of nitrogens with one attached hydrogen (secondary N) is 1. The van der Waals surface area contributed by atoms with Crippen molar-refractivity contribution in [2.24, 2.45) is 0 Å². The first-order valence-electron chi connectivity index (χ1n) is 10.6. The number of fused-ring (bicyclic) bond motifs is 1. The Morgan fingerprint density at radius 1 is 1.09 bits per heavy atom. The van der Waals surface area contributed by atoms with E-state index in [1.54, 1.807) is 29.5 Å². The molecule has 1 N–H and O–H groups in total. The number of benzene rings is 2. The van der Waals surface area contributed by atoms with Crippen LogP contribution in [0.15, 0.2) is 75.6 Å². The lowest BCUT2D eigenvalue weighted by molar-refractivity contribution is 0.0676. The van der Waals surface area contributed by atoms with Gasteiger partial charge in [0.2, 0.25) is 0 Å². The van der Waals surface area contributed by atoms with Crippen molar-refractivity contribution in [3.8, 4) is 0 Å². The summed E-state index contributed by atoms with van der Waals surface area (Å²) in [6.07, 6.45) is 0.760. The van der Waals surface area contributed by atoms with Gasteiger partial charge in [-0.25, -0.2) is 0 Å². The largest absolute Gasteiger partial charge is 0.331 e. The van der Waals surface area contributed by atoms with Gasteiger partial charge >= 0.3 is 11.1 Å². The number of thiophene rings is 1. The molecule has 0 fully saturated rings. The third kappa shape index (κ3) is 4.43. The number of rotatable bonds is 7. The molecule has 4 rings (SSSR count). The Balaban J connectivity index is 1.72. The number of amides is 1. The van der Waals surface area contributed by atoms with Gasteiger partial charge in [0.15, 0.2) is 0 Å².